The highest BCUT2D eigenvalue weighted by Gasteiger charge is 2.12. The molecule has 1 amide bonds. The molecule has 19 heavy (non-hydrogen) atoms. The molecule has 1 aromatic rings. The minimum Gasteiger partial charge on any atom is -0.398 e. The molecule has 0 atom stereocenters. The van der Waals surface area contributed by atoms with Gasteiger partial charge in [-0.05, 0) is 18.2 Å². The molecule has 0 heterocycles. The van der Waals surface area contributed by atoms with Gasteiger partial charge in [-0.2, -0.15) is 0 Å². The van der Waals surface area contributed by atoms with Crippen molar-refractivity contribution in [1.29, 1.82) is 0 Å². The summed E-state index contributed by atoms with van der Waals surface area (Å²) in [6.07, 6.45) is -0.138. The lowest BCUT2D eigenvalue weighted by Gasteiger charge is -2.05. The molecule has 0 saturated carbocycles. The van der Waals surface area contributed by atoms with Crippen molar-refractivity contribution < 1.29 is 13.2 Å². The molecular formula is C11H15ClN2O3S2. The maximum atomic E-state index is 11.6. The van der Waals surface area contributed by atoms with Crippen molar-refractivity contribution in [3.8, 4) is 0 Å². The van der Waals surface area contributed by atoms with Crippen molar-refractivity contribution in [2.45, 2.75) is 11.3 Å². The maximum absolute atomic E-state index is 11.6. The van der Waals surface area contributed by atoms with Crippen LogP contribution in [-0.2, 0) is 14.6 Å². The number of benzene rings is 1. The summed E-state index contributed by atoms with van der Waals surface area (Å²) in [4.78, 5) is 11.4. The highest BCUT2D eigenvalue weighted by Crippen LogP contribution is 2.26. The van der Waals surface area contributed by atoms with E-state index >= 15 is 0 Å². The number of carbonyl (C=O) groups excluding carboxylic acids is 1. The van der Waals surface area contributed by atoms with E-state index in [9.17, 15) is 13.2 Å². The second-order valence-electron chi connectivity index (χ2n) is 3.90. The fraction of sp³-hybridized carbons (Fsp3) is 0.364. The molecule has 0 aromatic heterocycles. The summed E-state index contributed by atoms with van der Waals surface area (Å²) in [6.45, 7) is 0. The predicted octanol–water partition coefficient (Wildman–Crippen LogP) is 1.30. The first kappa shape index (κ1) is 16.1. The molecule has 1 rings (SSSR count). The Kier molecular flexibility index (Phi) is 5.96. The maximum Gasteiger partial charge on any atom is 0.218 e. The normalized spacial score (nSPS) is 11.4. The van der Waals surface area contributed by atoms with Crippen molar-refractivity contribution >= 4 is 44.8 Å². The summed E-state index contributed by atoms with van der Waals surface area (Å²) in [7, 11) is -3.24. The number of hydrogen-bond donors (Lipinski definition) is 2. The van der Waals surface area contributed by atoms with Crippen molar-refractivity contribution in [1.82, 2.24) is 0 Å². The molecule has 106 valence electrons. The Morgan fingerprint density at radius 2 is 2.00 bits per heavy atom. The zero-order valence-electron chi connectivity index (χ0n) is 10.1. The van der Waals surface area contributed by atoms with Gasteiger partial charge in [-0.25, -0.2) is 8.42 Å². The number of nitrogens with two attached hydrogens (primary N) is 2. The van der Waals surface area contributed by atoms with Gasteiger partial charge in [-0.1, -0.05) is 11.6 Å². The van der Waals surface area contributed by atoms with Crippen LogP contribution in [0.3, 0.4) is 0 Å². The highest BCUT2D eigenvalue weighted by atomic mass is 35.5. The summed E-state index contributed by atoms with van der Waals surface area (Å²) in [5.41, 5.74) is 11.0. The Labute approximate surface area is 121 Å². The number of thioether (sulfide) groups is 1. The third-order valence-electron chi connectivity index (χ3n) is 2.29. The molecule has 0 aliphatic heterocycles. The molecule has 0 spiro atoms. The number of carbonyl (C=O) groups is 1. The van der Waals surface area contributed by atoms with E-state index in [0.717, 1.165) is 4.90 Å². The first-order chi connectivity index (χ1) is 8.80. The van der Waals surface area contributed by atoms with Gasteiger partial charge in [-0.3, -0.25) is 4.79 Å². The largest absolute Gasteiger partial charge is 0.398 e. The summed E-state index contributed by atoms with van der Waals surface area (Å²) in [5, 5.41) is 0.446. The molecule has 0 saturated heterocycles. The number of halogens is 1. The highest BCUT2D eigenvalue weighted by molar-refractivity contribution is 8.00. The lowest BCUT2D eigenvalue weighted by Crippen LogP contribution is -2.19. The van der Waals surface area contributed by atoms with Gasteiger partial charge in [0.05, 0.1) is 22.2 Å². The van der Waals surface area contributed by atoms with Crippen molar-refractivity contribution in [2.75, 3.05) is 23.0 Å². The third kappa shape index (κ3) is 6.17. The summed E-state index contributed by atoms with van der Waals surface area (Å²) >= 11 is 7.23. The Bertz CT molecular complexity index is 561. The SMILES string of the molecule is NC(=O)CCS(=O)(=O)CCSc1ccc(N)c(Cl)c1. The Hall–Kier alpha value is -0.920. The molecule has 0 fully saturated rings. The fourth-order valence-electron chi connectivity index (χ4n) is 1.24. The van der Waals surface area contributed by atoms with Crippen LogP contribution in [0.2, 0.25) is 5.02 Å². The van der Waals surface area contributed by atoms with Crippen LogP contribution < -0.4 is 11.5 Å². The van der Waals surface area contributed by atoms with Crippen LogP contribution in [0.4, 0.5) is 5.69 Å². The molecule has 0 radical (unpaired) electrons. The minimum absolute atomic E-state index is 0.00700. The number of amides is 1. The first-order valence-electron chi connectivity index (χ1n) is 5.47. The van der Waals surface area contributed by atoms with Crippen LogP contribution in [0.5, 0.6) is 0 Å². The number of primary amides is 1. The second-order valence-corrected chi connectivity index (χ2v) is 7.78. The smallest absolute Gasteiger partial charge is 0.218 e. The van der Waals surface area contributed by atoms with Gasteiger partial charge in [0.1, 0.15) is 0 Å². The number of rotatable bonds is 7. The summed E-state index contributed by atoms with van der Waals surface area (Å²) in [6, 6.07) is 5.14. The molecular weight excluding hydrogens is 308 g/mol. The molecule has 0 bridgehead atoms. The van der Waals surface area contributed by atoms with Crippen LogP contribution in [0.1, 0.15) is 6.42 Å². The molecule has 5 nitrogen and oxygen atoms in total. The summed E-state index contributed by atoms with van der Waals surface area (Å²) < 4.78 is 23.2. The monoisotopic (exact) mass is 322 g/mol. The van der Waals surface area contributed by atoms with Gasteiger partial charge < -0.3 is 11.5 Å². The average Bonchev–Trinajstić information content (AvgIpc) is 2.31. The number of nitrogen functional groups attached to an aromatic ring is 1. The molecule has 0 aliphatic rings. The zero-order valence-corrected chi connectivity index (χ0v) is 12.5. The summed E-state index contributed by atoms with van der Waals surface area (Å²) in [5.74, 6) is -0.429. The standard InChI is InChI=1S/C11H15ClN2O3S2/c12-9-7-8(1-2-10(9)13)18-4-6-19(16,17)5-3-11(14)15/h1-2,7H,3-6,13H2,(H2,14,15). The van der Waals surface area contributed by atoms with Crippen molar-refractivity contribution in [3.05, 3.63) is 23.2 Å². The van der Waals surface area contributed by atoms with Crippen molar-refractivity contribution in [2.24, 2.45) is 5.73 Å². The van der Waals surface area contributed by atoms with E-state index in [4.69, 9.17) is 23.1 Å². The van der Waals surface area contributed by atoms with Crippen molar-refractivity contribution in [3.63, 3.8) is 0 Å². The van der Waals surface area contributed by atoms with Gasteiger partial charge in [0.2, 0.25) is 5.91 Å². The Morgan fingerprint density at radius 1 is 1.32 bits per heavy atom. The van der Waals surface area contributed by atoms with Crippen LogP contribution >= 0.6 is 23.4 Å². The Morgan fingerprint density at radius 3 is 2.58 bits per heavy atom. The third-order valence-corrected chi connectivity index (χ3v) is 5.53. The van der Waals surface area contributed by atoms with E-state index in [1.54, 1.807) is 18.2 Å². The van der Waals surface area contributed by atoms with E-state index in [2.05, 4.69) is 0 Å². The quantitative estimate of drug-likeness (QED) is 0.582. The fourth-order valence-corrected chi connectivity index (χ4v) is 4.15. The van der Waals surface area contributed by atoms with Crippen LogP contribution in [0.15, 0.2) is 23.1 Å². The minimum atomic E-state index is -3.24. The van der Waals surface area contributed by atoms with Gasteiger partial charge in [0.25, 0.3) is 0 Å². The first-order valence-corrected chi connectivity index (χ1v) is 8.65. The van der Waals surface area contributed by atoms with E-state index in [1.165, 1.54) is 11.8 Å². The van der Waals surface area contributed by atoms with Crippen LogP contribution in [-0.4, -0.2) is 31.6 Å². The lowest BCUT2D eigenvalue weighted by atomic mass is 10.3. The molecule has 0 aliphatic carbocycles. The molecule has 4 N–H and O–H groups in total. The van der Waals surface area contributed by atoms with E-state index in [0.29, 0.717) is 16.5 Å². The van der Waals surface area contributed by atoms with Crippen LogP contribution in [0.25, 0.3) is 0 Å². The second kappa shape index (κ2) is 7.02. The Balaban J connectivity index is 2.45. The van der Waals surface area contributed by atoms with Gasteiger partial charge in [-0.15, -0.1) is 11.8 Å². The van der Waals surface area contributed by atoms with E-state index < -0.39 is 15.7 Å². The molecule has 1 aromatic carbocycles. The number of anilines is 1. The molecule has 0 unspecified atom stereocenters. The van der Waals surface area contributed by atoms with Gasteiger partial charge in [0, 0.05) is 17.1 Å². The van der Waals surface area contributed by atoms with Gasteiger partial charge >= 0.3 is 0 Å². The number of sulfone groups is 1. The molecule has 8 heteroatoms. The zero-order chi connectivity index (χ0) is 14.5. The van der Waals surface area contributed by atoms with Crippen LogP contribution in [0, 0.1) is 0 Å². The van der Waals surface area contributed by atoms with Gasteiger partial charge in [0.15, 0.2) is 9.84 Å². The predicted molar refractivity (Wildman–Crippen MR) is 79.1 cm³/mol. The topological polar surface area (TPSA) is 103 Å². The van der Waals surface area contributed by atoms with E-state index in [-0.39, 0.29) is 17.9 Å². The van der Waals surface area contributed by atoms with E-state index in [1.807, 2.05) is 0 Å². The lowest BCUT2D eigenvalue weighted by molar-refractivity contribution is -0.117. The average molecular weight is 323 g/mol. The number of hydrogen-bond acceptors (Lipinski definition) is 5.